The normalized spacial score (nSPS) is 10.4. The molecule has 3 aromatic rings. The van der Waals surface area contributed by atoms with Crippen LogP contribution in [-0.4, -0.2) is 23.8 Å². The molecule has 0 spiro atoms. The van der Waals surface area contributed by atoms with E-state index in [1.165, 1.54) is 7.11 Å². The highest BCUT2D eigenvalue weighted by Gasteiger charge is 2.11. The molecule has 0 bridgehead atoms. The van der Waals surface area contributed by atoms with Gasteiger partial charge in [-0.1, -0.05) is 19.1 Å². The number of benzene rings is 2. The van der Waals surface area contributed by atoms with Crippen molar-refractivity contribution >= 4 is 28.5 Å². The molecule has 0 unspecified atom stereocenters. The van der Waals surface area contributed by atoms with Gasteiger partial charge < -0.3 is 9.47 Å². The Bertz CT molecular complexity index is 1010. The molecule has 2 aromatic carbocycles. The molecule has 0 amide bonds. The summed E-state index contributed by atoms with van der Waals surface area (Å²) in [5.41, 5.74) is 1.31. The molecule has 5 nitrogen and oxygen atoms in total. The van der Waals surface area contributed by atoms with Gasteiger partial charge in [0.2, 0.25) is 5.88 Å². The minimum atomic E-state index is -0.326. The van der Waals surface area contributed by atoms with Gasteiger partial charge in [-0.15, -0.1) is 11.8 Å². The third-order valence-corrected chi connectivity index (χ3v) is 4.78. The van der Waals surface area contributed by atoms with E-state index < -0.39 is 0 Å². The predicted molar refractivity (Wildman–Crippen MR) is 105 cm³/mol. The Labute approximate surface area is 161 Å². The van der Waals surface area contributed by atoms with Crippen LogP contribution < -0.4 is 4.74 Å². The average Bonchev–Trinajstić information content (AvgIpc) is 2.69. The molecule has 0 aliphatic rings. The Morgan fingerprint density at radius 1 is 1.22 bits per heavy atom. The lowest BCUT2D eigenvalue weighted by molar-refractivity contribution is -0.139. The van der Waals surface area contributed by atoms with Gasteiger partial charge in [0, 0.05) is 22.5 Å². The second-order valence-corrected chi connectivity index (χ2v) is 7.10. The summed E-state index contributed by atoms with van der Waals surface area (Å²) in [5, 5.41) is 10.9. The number of ether oxygens (including phenoxy) is 2. The minimum absolute atomic E-state index is 0.141. The molecule has 0 fully saturated rings. The van der Waals surface area contributed by atoms with Gasteiger partial charge in [-0.3, -0.25) is 4.79 Å². The quantitative estimate of drug-likeness (QED) is 0.456. The Morgan fingerprint density at radius 2 is 2.07 bits per heavy atom. The van der Waals surface area contributed by atoms with Crippen LogP contribution in [-0.2, 0) is 16.0 Å². The summed E-state index contributed by atoms with van der Waals surface area (Å²) in [6, 6.07) is 14.9. The van der Waals surface area contributed by atoms with Crippen LogP contribution in [0, 0.1) is 11.3 Å². The molecular formula is C21H18N2O3S. The molecular weight excluding hydrogens is 360 g/mol. The van der Waals surface area contributed by atoms with Crippen LogP contribution in [0.4, 0.5) is 0 Å². The second-order valence-electron chi connectivity index (χ2n) is 5.76. The van der Waals surface area contributed by atoms with Crippen molar-refractivity contribution in [1.82, 2.24) is 4.98 Å². The molecule has 0 radical (unpaired) electrons. The summed E-state index contributed by atoms with van der Waals surface area (Å²) in [4.78, 5) is 17.1. The van der Waals surface area contributed by atoms with E-state index in [9.17, 15) is 10.1 Å². The van der Waals surface area contributed by atoms with Gasteiger partial charge in [0.05, 0.1) is 25.2 Å². The van der Waals surface area contributed by atoms with E-state index >= 15 is 0 Å². The van der Waals surface area contributed by atoms with Crippen LogP contribution in [0.3, 0.4) is 0 Å². The minimum Gasteiger partial charge on any atom is -0.469 e. The fourth-order valence-corrected chi connectivity index (χ4v) is 3.29. The Morgan fingerprint density at radius 3 is 2.74 bits per heavy atom. The highest BCUT2D eigenvalue weighted by Crippen LogP contribution is 2.32. The maximum Gasteiger partial charge on any atom is 0.309 e. The van der Waals surface area contributed by atoms with Crippen LogP contribution in [0.1, 0.15) is 18.1 Å². The van der Waals surface area contributed by atoms with E-state index in [0.717, 1.165) is 27.0 Å². The number of nitrogens with zero attached hydrogens (tertiary/aromatic N) is 2. The third kappa shape index (κ3) is 4.57. The van der Waals surface area contributed by atoms with Crippen LogP contribution in [0.2, 0.25) is 0 Å². The van der Waals surface area contributed by atoms with Crippen molar-refractivity contribution in [1.29, 1.82) is 5.26 Å². The summed E-state index contributed by atoms with van der Waals surface area (Å²) in [6.45, 7) is 2.08. The van der Waals surface area contributed by atoms with Crippen molar-refractivity contribution in [2.24, 2.45) is 0 Å². The first-order valence-corrected chi connectivity index (χ1v) is 9.41. The fourth-order valence-electron chi connectivity index (χ4n) is 2.67. The van der Waals surface area contributed by atoms with Gasteiger partial charge in [-0.05, 0) is 41.0 Å². The molecule has 1 aromatic heterocycles. The summed E-state index contributed by atoms with van der Waals surface area (Å²) >= 11 is 1.70. The van der Waals surface area contributed by atoms with E-state index in [1.807, 2.05) is 24.3 Å². The first-order chi connectivity index (χ1) is 13.1. The SMILES string of the molecule is CCSc1ccc(Oc2cc(CC(=O)OC)cc3ccc(C#N)cc23)nc1. The number of pyridine rings is 1. The van der Waals surface area contributed by atoms with E-state index in [1.54, 1.807) is 36.2 Å². The zero-order chi connectivity index (χ0) is 19.2. The second kappa shape index (κ2) is 8.56. The molecule has 3 rings (SSSR count). The number of carbonyl (C=O) groups excluding carboxylic acids is 1. The largest absolute Gasteiger partial charge is 0.469 e. The number of thioether (sulfide) groups is 1. The van der Waals surface area contributed by atoms with Crippen LogP contribution in [0.5, 0.6) is 11.6 Å². The van der Waals surface area contributed by atoms with Crippen molar-refractivity contribution in [3.63, 3.8) is 0 Å². The summed E-state index contributed by atoms with van der Waals surface area (Å²) < 4.78 is 10.8. The van der Waals surface area contributed by atoms with E-state index in [4.69, 9.17) is 9.47 Å². The average molecular weight is 378 g/mol. The van der Waals surface area contributed by atoms with Crippen molar-refractivity contribution in [2.75, 3.05) is 12.9 Å². The van der Waals surface area contributed by atoms with Gasteiger partial charge >= 0.3 is 5.97 Å². The first kappa shape index (κ1) is 18.7. The van der Waals surface area contributed by atoms with E-state index in [-0.39, 0.29) is 12.4 Å². The van der Waals surface area contributed by atoms with Gasteiger partial charge in [-0.25, -0.2) is 4.98 Å². The Balaban J connectivity index is 2.01. The molecule has 0 saturated carbocycles. The predicted octanol–water partition coefficient (Wildman–Crippen LogP) is 4.73. The smallest absolute Gasteiger partial charge is 0.309 e. The molecule has 6 heteroatoms. The number of rotatable bonds is 6. The maximum absolute atomic E-state index is 11.7. The molecule has 0 aliphatic carbocycles. The Kier molecular flexibility index (Phi) is 5.94. The standard InChI is InChI=1S/C21H18N2O3S/c1-3-27-17-6-7-20(23-13-17)26-19-10-15(11-21(24)25-2)8-16-5-4-14(12-22)9-18(16)19/h4-10,13H,3,11H2,1-2H3. The highest BCUT2D eigenvalue weighted by atomic mass is 32.2. The first-order valence-electron chi connectivity index (χ1n) is 8.43. The van der Waals surface area contributed by atoms with Gasteiger partial charge in [0.1, 0.15) is 5.75 Å². The molecule has 0 N–H and O–H groups in total. The topological polar surface area (TPSA) is 72.2 Å². The zero-order valence-corrected chi connectivity index (χ0v) is 15.9. The van der Waals surface area contributed by atoms with Crippen molar-refractivity contribution in [3.05, 3.63) is 59.8 Å². The monoisotopic (exact) mass is 378 g/mol. The Hall–Kier alpha value is -3.04. The number of hydrogen-bond acceptors (Lipinski definition) is 6. The number of carbonyl (C=O) groups is 1. The van der Waals surface area contributed by atoms with E-state index in [0.29, 0.717) is 17.2 Å². The van der Waals surface area contributed by atoms with Gasteiger partial charge in [0.25, 0.3) is 0 Å². The molecule has 136 valence electrons. The molecule has 0 aliphatic heterocycles. The molecule has 0 saturated heterocycles. The lowest BCUT2D eigenvalue weighted by Gasteiger charge is -2.11. The van der Waals surface area contributed by atoms with Crippen molar-refractivity contribution in [3.8, 4) is 17.7 Å². The van der Waals surface area contributed by atoms with Gasteiger partial charge in [0.15, 0.2) is 0 Å². The summed E-state index contributed by atoms with van der Waals surface area (Å²) in [6.07, 6.45) is 1.91. The lowest BCUT2D eigenvalue weighted by Crippen LogP contribution is -2.04. The fraction of sp³-hybridized carbons (Fsp3) is 0.190. The third-order valence-electron chi connectivity index (χ3n) is 3.92. The van der Waals surface area contributed by atoms with E-state index in [2.05, 4.69) is 18.0 Å². The van der Waals surface area contributed by atoms with Gasteiger partial charge in [-0.2, -0.15) is 5.26 Å². The number of aromatic nitrogens is 1. The number of fused-ring (bicyclic) bond motifs is 1. The number of esters is 1. The molecule has 27 heavy (non-hydrogen) atoms. The lowest BCUT2D eigenvalue weighted by atomic mass is 10.0. The summed E-state index contributed by atoms with van der Waals surface area (Å²) in [7, 11) is 1.36. The zero-order valence-electron chi connectivity index (χ0n) is 15.1. The molecule has 0 atom stereocenters. The van der Waals surface area contributed by atoms with Crippen LogP contribution in [0.25, 0.3) is 10.8 Å². The number of methoxy groups -OCH3 is 1. The molecule has 1 heterocycles. The van der Waals surface area contributed by atoms with Crippen LogP contribution in [0.15, 0.2) is 53.6 Å². The van der Waals surface area contributed by atoms with Crippen molar-refractivity contribution in [2.45, 2.75) is 18.2 Å². The number of hydrogen-bond donors (Lipinski definition) is 0. The maximum atomic E-state index is 11.7. The summed E-state index contributed by atoms with van der Waals surface area (Å²) in [5.74, 6) is 1.65. The van der Waals surface area contributed by atoms with Crippen molar-refractivity contribution < 1.29 is 14.3 Å². The number of nitriles is 1. The van der Waals surface area contributed by atoms with Crippen LogP contribution >= 0.6 is 11.8 Å². The highest BCUT2D eigenvalue weighted by molar-refractivity contribution is 7.99.